The van der Waals surface area contributed by atoms with Crippen molar-refractivity contribution >= 4 is 5.96 Å². The molecule has 65 heavy (non-hydrogen) atoms. The zero-order valence-electron chi connectivity index (χ0n) is 39.8. The fourth-order valence-electron chi connectivity index (χ4n) is 12.0. The molecule has 7 rings (SSSR count). The molecule has 4 aliphatic rings. The predicted molar refractivity (Wildman–Crippen MR) is 259 cm³/mol. The summed E-state index contributed by atoms with van der Waals surface area (Å²) in [6.45, 7) is 6.23. The molecule has 2 aromatic heterocycles. The van der Waals surface area contributed by atoms with Crippen molar-refractivity contribution in [3.05, 3.63) is 69.9 Å². The molecule has 12 heteroatoms. The van der Waals surface area contributed by atoms with Gasteiger partial charge in [0.1, 0.15) is 24.2 Å². The Morgan fingerprint density at radius 3 is 2.60 bits per heavy atom. The number of aromatic hydroxyl groups is 1. The standard InChI is InChI=1S/C53H84N6O6/c1-34(29-57-53(55)58-42-11-4-3-5-12-42)15-18-37-19-21-41(54)26-39(37)9-6-7-14-51-40(32-60)27-43(65-51)22-16-36-17-24-49(62)52(25-36)64-33-50(63)48-28-45-46(31-56-30-35(2)61)44-13-8-10-38(44)20-23-47(45)59-48/h17,24-25,27-28,34-35,37-39,41-42,44,46,50,56,59-63H,3-16,18-23,26,29-33,54H2,1-2H3,(H3,55,57,58)/t34-,35-,37+,38+,39+,41+,44-,46-,50-/m0/s1. The van der Waals surface area contributed by atoms with Crippen LogP contribution in [0.15, 0.2) is 39.7 Å². The van der Waals surface area contributed by atoms with Crippen LogP contribution >= 0.6 is 0 Å². The Morgan fingerprint density at radius 1 is 0.938 bits per heavy atom. The molecule has 0 radical (unpaired) electrons. The lowest BCUT2D eigenvalue weighted by atomic mass is 9.72. The van der Waals surface area contributed by atoms with Crippen molar-refractivity contribution in [1.82, 2.24) is 15.6 Å². The first kappa shape index (κ1) is 49.4. The van der Waals surface area contributed by atoms with Crippen molar-refractivity contribution in [2.24, 2.45) is 46.0 Å². The summed E-state index contributed by atoms with van der Waals surface area (Å²) < 4.78 is 12.4. The second kappa shape index (κ2) is 24.5. The Labute approximate surface area is 389 Å². The summed E-state index contributed by atoms with van der Waals surface area (Å²) in [5.74, 6) is 6.22. The molecule has 0 spiro atoms. The molecule has 4 aliphatic carbocycles. The molecule has 0 amide bonds. The second-order valence-corrected chi connectivity index (χ2v) is 20.8. The van der Waals surface area contributed by atoms with E-state index in [9.17, 15) is 20.4 Å². The minimum atomic E-state index is -0.881. The highest BCUT2D eigenvalue weighted by atomic mass is 16.5. The number of aromatic nitrogens is 1. The number of H-pyrrole nitrogens is 1. The number of rotatable bonds is 23. The molecule has 3 saturated carbocycles. The van der Waals surface area contributed by atoms with Gasteiger partial charge in [-0.3, -0.25) is 4.99 Å². The van der Waals surface area contributed by atoms with E-state index in [1.807, 2.05) is 25.1 Å². The van der Waals surface area contributed by atoms with E-state index < -0.39 is 12.2 Å². The van der Waals surface area contributed by atoms with E-state index in [1.54, 1.807) is 6.07 Å². The maximum atomic E-state index is 11.3. The maximum Gasteiger partial charge on any atom is 0.188 e. The minimum absolute atomic E-state index is 0.00602. The quantitative estimate of drug-likeness (QED) is 0.0253. The van der Waals surface area contributed by atoms with E-state index in [0.29, 0.717) is 72.8 Å². The van der Waals surface area contributed by atoms with Crippen molar-refractivity contribution in [3.8, 4) is 11.5 Å². The lowest BCUT2D eigenvalue weighted by Gasteiger charge is -2.35. The van der Waals surface area contributed by atoms with E-state index in [1.165, 1.54) is 81.9 Å². The number of phenolic OH excluding ortho intramolecular Hbond substituents is 1. The summed E-state index contributed by atoms with van der Waals surface area (Å²) in [7, 11) is 0. The van der Waals surface area contributed by atoms with Gasteiger partial charge in [0.2, 0.25) is 0 Å². The van der Waals surface area contributed by atoms with Gasteiger partial charge in [-0.05, 0) is 149 Å². The number of guanidine groups is 1. The molecule has 0 bridgehead atoms. The van der Waals surface area contributed by atoms with Crippen LogP contribution in [-0.2, 0) is 32.3 Å². The van der Waals surface area contributed by atoms with Crippen LogP contribution in [0, 0.1) is 29.6 Å². The van der Waals surface area contributed by atoms with Gasteiger partial charge in [0.15, 0.2) is 17.5 Å². The lowest BCUT2D eigenvalue weighted by Crippen LogP contribution is -2.41. The number of unbranched alkanes of at least 4 members (excludes halogenated alkanes) is 1. The first-order valence-electron chi connectivity index (χ1n) is 25.8. The molecule has 11 N–H and O–H groups in total. The Bertz CT molecular complexity index is 1920. The summed E-state index contributed by atoms with van der Waals surface area (Å²) in [6, 6.07) is 10.3. The molecule has 9 atom stereocenters. The van der Waals surface area contributed by atoms with Gasteiger partial charge in [0, 0.05) is 67.4 Å². The minimum Gasteiger partial charge on any atom is -0.504 e. The monoisotopic (exact) mass is 901 g/mol. The fraction of sp³-hybridized carbons (Fsp3) is 0.717. The van der Waals surface area contributed by atoms with Gasteiger partial charge in [0.25, 0.3) is 0 Å². The zero-order valence-corrected chi connectivity index (χ0v) is 39.8. The smallest absolute Gasteiger partial charge is 0.188 e. The van der Waals surface area contributed by atoms with Gasteiger partial charge in [-0.2, -0.15) is 0 Å². The van der Waals surface area contributed by atoms with Crippen LogP contribution in [0.5, 0.6) is 11.5 Å². The van der Waals surface area contributed by atoms with Crippen molar-refractivity contribution < 1.29 is 29.6 Å². The molecule has 0 aliphatic heterocycles. The van der Waals surface area contributed by atoms with Crippen LogP contribution < -0.4 is 26.8 Å². The number of aryl methyl sites for hydroxylation is 4. The van der Waals surface area contributed by atoms with Crippen molar-refractivity contribution in [2.75, 3.05) is 26.2 Å². The highest BCUT2D eigenvalue weighted by molar-refractivity contribution is 5.78. The van der Waals surface area contributed by atoms with Crippen molar-refractivity contribution in [3.63, 3.8) is 0 Å². The van der Waals surface area contributed by atoms with Crippen LogP contribution in [0.1, 0.15) is 175 Å². The third-order valence-electron chi connectivity index (χ3n) is 15.7. The van der Waals surface area contributed by atoms with Gasteiger partial charge in [0.05, 0.1) is 12.7 Å². The van der Waals surface area contributed by atoms with Crippen molar-refractivity contribution in [2.45, 2.75) is 186 Å². The summed E-state index contributed by atoms with van der Waals surface area (Å²) in [6.07, 6.45) is 22.1. The Kier molecular flexibility index (Phi) is 18.6. The summed E-state index contributed by atoms with van der Waals surface area (Å²) >= 11 is 0. The van der Waals surface area contributed by atoms with Gasteiger partial charge < -0.3 is 56.7 Å². The SMILES string of the molecule is C[C@@H](CC[C@@H]1CC[C@@H](N)C[C@H]1CCCCc1oc(CCc2ccc(O)c(OC[C@H](O)c3cc4c([nH]3)CC[C@H]3CCC[C@@H]3[C@@H]4CNC[C@H](C)O)c2)cc1CO)CN=C(N)NC1CCCCC1. The summed E-state index contributed by atoms with van der Waals surface area (Å²) in [5.41, 5.74) is 17.8. The molecule has 3 fully saturated rings. The summed E-state index contributed by atoms with van der Waals surface area (Å²) in [5, 5.41) is 49.1. The average Bonchev–Trinajstić information content (AvgIpc) is 4.04. The molecule has 0 unspecified atom stereocenters. The van der Waals surface area contributed by atoms with Gasteiger partial charge in [-0.25, -0.2) is 0 Å². The molecular formula is C53H84N6O6. The Balaban J connectivity index is 0.856. The summed E-state index contributed by atoms with van der Waals surface area (Å²) in [4.78, 5) is 8.26. The fourth-order valence-corrected chi connectivity index (χ4v) is 12.0. The maximum absolute atomic E-state index is 11.3. The van der Waals surface area contributed by atoms with E-state index in [2.05, 4.69) is 28.6 Å². The van der Waals surface area contributed by atoms with E-state index in [4.69, 9.17) is 25.6 Å². The van der Waals surface area contributed by atoms with Gasteiger partial charge in [-0.15, -0.1) is 0 Å². The first-order valence-corrected chi connectivity index (χ1v) is 25.8. The Hall–Kier alpha value is -3.55. The number of hydrogen-bond donors (Lipinski definition) is 9. The third-order valence-corrected chi connectivity index (χ3v) is 15.7. The zero-order chi connectivity index (χ0) is 45.7. The number of nitrogens with zero attached hydrogens (tertiary/aromatic N) is 1. The van der Waals surface area contributed by atoms with E-state index >= 15 is 0 Å². The number of aliphatic hydroxyl groups excluding tert-OH is 3. The highest BCUT2D eigenvalue weighted by Gasteiger charge is 2.38. The van der Waals surface area contributed by atoms with E-state index in [-0.39, 0.29) is 19.0 Å². The molecule has 2 heterocycles. The van der Waals surface area contributed by atoms with Crippen molar-refractivity contribution in [1.29, 1.82) is 0 Å². The van der Waals surface area contributed by atoms with Crippen LogP contribution in [-0.4, -0.2) is 75.8 Å². The number of phenols is 1. The molecule has 12 nitrogen and oxygen atoms in total. The largest absolute Gasteiger partial charge is 0.504 e. The average molecular weight is 901 g/mol. The third kappa shape index (κ3) is 14.2. The van der Waals surface area contributed by atoms with Crippen LogP contribution in [0.3, 0.4) is 0 Å². The van der Waals surface area contributed by atoms with Gasteiger partial charge >= 0.3 is 0 Å². The Morgan fingerprint density at radius 2 is 1.78 bits per heavy atom. The highest BCUT2D eigenvalue weighted by Crippen LogP contribution is 2.47. The normalized spacial score (nSPS) is 25.4. The lowest BCUT2D eigenvalue weighted by molar-refractivity contribution is 0.103. The number of benzene rings is 1. The first-order chi connectivity index (χ1) is 31.5. The molecule has 0 saturated heterocycles. The van der Waals surface area contributed by atoms with Crippen LogP contribution in [0.2, 0.25) is 0 Å². The van der Waals surface area contributed by atoms with E-state index in [0.717, 1.165) is 98.7 Å². The molecule has 362 valence electrons. The molecular weight excluding hydrogens is 817 g/mol. The number of aliphatic imine (C=N–C) groups is 1. The number of nitrogens with one attached hydrogen (secondary N) is 3. The number of aliphatic hydroxyl groups is 3. The topological polar surface area (TPSA) is 208 Å². The van der Waals surface area contributed by atoms with Crippen LogP contribution in [0.25, 0.3) is 0 Å². The number of furan rings is 1. The number of fused-ring (bicyclic) bond motifs is 2. The number of ether oxygens (including phenoxy) is 1. The van der Waals surface area contributed by atoms with Gasteiger partial charge in [-0.1, -0.05) is 57.9 Å². The van der Waals surface area contributed by atoms with Crippen LogP contribution in [0.4, 0.5) is 0 Å². The molecule has 3 aromatic rings. The second-order valence-electron chi connectivity index (χ2n) is 20.8. The number of hydrogen-bond acceptors (Lipinski definition) is 9. The predicted octanol–water partition coefficient (Wildman–Crippen LogP) is 8.23. The molecule has 1 aromatic carbocycles. The number of aromatic amines is 1. The number of nitrogens with two attached hydrogens (primary N) is 2.